The van der Waals surface area contributed by atoms with E-state index in [9.17, 15) is 9.90 Å². The first-order valence-corrected chi connectivity index (χ1v) is 6.30. The molecule has 1 N–H and O–H groups in total. The second kappa shape index (κ2) is 5.87. The zero-order chi connectivity index (χ0) is 13.0. The van der Waals surface area contributed by atoms with E-state index in [4.69, 9.17) is 4.74 Å². The van der Waals surface area contributed by atoms with Crippen molar-refractivity contribution in [3.8, 4) is 5.75 Å². The standard InChI is InChI=1S/C14H19NO3/c1-11-9-15(8-7-13(11)16)14(17)10-18-12-5-3-2-4-6-12/h2-6,11,13,16H,7-10H2,1H3. The highest BCUT2D eigenvalue weighted by Crippen LogP contribution is 2.17. The van der Waals surface area contributed by atoms with Crippen LogP contribution in [0.3, 0.4) is 0 Å². The summed E-state index contributed by atoms with van der Waals surface area (Å²) >= 11 is 0. The number of piperidine rings is 1. The Labute approximate surface area is 107 Å². The Morgan fingerprint density at radius 1 is 1.44 bits per heavy atom. The Hall–Kier alpha value is -1.55. The Bertz CT molecular complexity index is 393. The van der Waals surface area contributed by atoms with Crippen molar-refractivity contribution in [3.05, 3.63) is 30.3 Å². The number of carbonyl (C=O) groups excluding carboxylic acids is 1. The summed E-state index contributed by atoms with van der Waals surface area (Å²) in [5.74, 6) is 0.827. The van der Waals surface area contributed by atoms with Crippen molar-refractivity contribution in [1.82, 2.24) is 4.90 Å². The monoisotopic (exact) mass is 249 g/mol. The first kappa shape index (κ1) is 12.9. The second-order valence-electron chi connectivity index (χ2n) is 4.77. The Kier molecular flexibility index (Phi) is 4.20. The third-order valence-electron chi connectivity index (χ3n) is 3.32. The highest BCUT2D eigenvalue weighted by Gasteiger charge is 2.27. The molecule has 1 amide bonds. The minimum Gasteiger partial charge on any atom is -0.484 e. The summed E-state index contributed by atoms with van der Waals surface area (Å²) in [5.41, 5.74) is 0. The molecule has 1 aromatic rings. The average Bonchev–Trinajstić information content (AvgIpc) is 2.40. The molecule has 0 bridgehead atoms. The summed E-state index contributed by atoms with van der Waals surface area (Å²) in [6.45, 7) is 3.25. The Morgan fingerprint density at radius 3 is 2.83 bits per heavy atom. The lowest BCUT2D eigenvalue weighted by Gasteiger charge is -2.34. The number of hydrogen-bond donors (Lipinski definition) is 1. The van der Waals surface area contributed by atoms with E-state index in [0.717, 1.165) is 0 Å². The van der Waals surface area contributed by atoms with Crippen LogP contribution < -0.4 is 4.74 Å². The van der Waals surface area contributed by atoms with Crippen LogP contribution in [0, 0.1) is 5.92 Å². The third kappa shape index (κ3) is 3.23. The number of amides is 1. The molecule has 0 aliphatic carbocycles. The van der Waals surface area contributed by atoms with Gasteiger partial charge in [-0.05, 0) is 24.5 Å². The molecule has 0 radical (unpaired) electrons. The highest BCUT2D eigenvalue weighted by molar-refractivity contribution is 5.77. The molecule has 2 unspecified atom stereocenters. The van der Waals surface area contributed by atoms with Gasteiger partial charge >= 0.3 is 0 Å². The first-order chi connectivity index (χ1) is 8.66. The molecule has 1 heterocycles. The van der Waals surface area contributed by atoms with Crippen LogP contribution in [0.15, 0.2) is 30.3 Å². The van der Waals surface area contributed by atoms with Gasteiger partial charge in [0, 0.05) is 13.1 Å². The van der Waals surface area contributed by atoms with Crippen molar-refractivity contribution in [3.63, 3.8) is 0 Å². The largest absolute Gasteiger partial charge is 0.484 e. The zero-order valence-corrected chi connectivity index (χ0v) is 10.6. The quantitative estimate of drug-likeness (QED) is 0.878. The fourth-order valence-electron chi connectivity index (χ4n) is 2.11. The lowest BCUT2D eigenvalue weighted by molar-refractivity contribution is -0.136. The van der Waals surface area contributed by atoms with Crippen molar-refractivity contribution in [2.45, 2.75) is 19.4 Å². The average molecular weight is 249 g/mol. The van der Waals surface area contributed by atoms with E-state index in [1.54, 1.807) is 4.90 Å². The van der Waals surface area contributed by atoms with Crippen molar-refractivity contribution in [2.24, 2.45) is 5.92 Å². The van der Waals surface area contributed by atoms with Gasteiger partial charge in [0.15, 0.2) is 6.61 Å². The molecule has 1 aliphatic heterocycles. The van der Waals surface area contributed by atoms with Gasteiger partial charge in [-0.3, -0.25) is 4.79 Å². The lowest BCUT2D eigenvalue weighted by atomic mass is 9.97. The number of likely N-dealkylation sites (tertiary alicyclic amines) is 1. The van der Waals surface area contributed by atoms with Gasteiger partial charge in [-0.15, -0.1) is 0 Å². The molecule has 1 aromatic carbocycles. The molecular formula is C14H19NO3. The molecule has 18 heavy (non-hydrogen) atoms. The van der Waals surface area contributed by atoms with E-state index in [-0.39, 0.29) is 24.5 Å². The summed E-state index contributed by atoms with van der Waals surface area (Å²) in [6.07, 6.45) is 0.363. The van der Waals surface area contributed by atoms with Crippen LogP contribution in [-0.4, -0.2) is 41.7 Å². The van der Waals surface area contributed by atoms with Crippen LogP contribution >= 0.6 is 0 Å². The molecule has 1 aliphatic rings. The van der Waals surface area contributed by atoms with E-state index in [0.29, 0.717) is 25.3 Å². The molecular weight excluding hydrogens is 230 g/mol. The second-order valence-corrected chi connectivity index (χ2v) is 4.77. The molecule has 2 rings (SSSR count). The number of hydrogen-bond acceptors (Lipinski definition) is 3. The molecule has 0 spiro atoms. The van der Waals surface area contributed by atoms with E-state index < -0.39 is 0 Å². The smallest absolute Gasteiger partial charge is 0.260 e. The topological polar surface area (TPSA) is 49.8 Å². The fourth-order valence-corrected chi connectivity index (χ4v) is 2.11. The van der Waals surface area contributed by atoms with Crippen molar-refractivity contribution >= 4 is 5.91 Å². The van der Waals surface area contributed by atoms with Gasteiger partial charge in [-0.25, -0.2) is 0 Å². The van der Waals surface area contributed by atoms with Gasteiger partial charge in [0.05, 0.1) is 6.10 Å². The number of aliphatic hydroxyl groups is 1. The number of rotatable bonds is 3. The van der Waals surface area contributed by atoms with Gasteiger partial charge in [0.25, 0.3) is 5.91 Å². The maximum absolute atomic E-state index is 11.9. The van der Waals surface area contributed by atoms with Gasteiger partial charge in [-0.2, -0.15) is 0 Å². The van der Waals surface area contributed by atoms with Gasteiger partial charge in [0.1, 0.15) is 5.75 Å². The maximum atomic E-state index is 11.9. The van der Waals surface area contributed by atoms with Gasteiger partial charge in [-0.1, -0.05) is 25.1 Å². The lowest BCUT2D eigenvalue weighted by Crippen LogP contribution is -2.46. The Morgan fingerprint density at radius 2 is 2.17 bits per heavy atom. The maximum Gasteiger partial charge on any atom is 0.260 e. The van der Waals surface area contributed by atoms with Crippen LogP contribution in [0.2, 0.25) is 0 Å². The number of para-hydroxylation sites is 1. The Balaban J connectivity index is 1.82. The number of carbonyl (C=O) groups is 1. The molecule has 1 fully saturated rings. The summed E-state index contributed by atoms with van der Waals surface area (Å²) in [5, 5.41) is 9.62. The fraction of sp³-hybridized carbons (Fsp3) is 0.500. The SMILES string of the molecule is CC1CN(C(=O)COc2ccccc2)CCC1O. The van der Waals surface area contributed by atoms with Gasteiger partial charge < -0.3 is 14.7 Å². The van der Waals surface area contributed by atoms with Crippen molar-refractivity contribution in [1.29, 1.82) is 0 Å². The van der Waals surface area contributed by atoms with Crippen LogP contribution in [-0.2, 0) is 4.79 Å². The van der Waals surface area contributed by atoms with E-state index in [1.807, 2.05) is 37.3 Å². The number of nitrogens with zero attached hydrogens (tertiary/aromatic N) is 1. The van der Waals surface area contributed by atoms with Gasteiger partial charge in [0.2, 0.25) is 0 Å². The number of aliphatic hydroxyl groups excluding tert-OH is 1. The van der Waals surface area contributed by atoms with Crippen LogP contribution in [0.25, 0.3) is 0 Å². The van der Waals surface area contributed by atoms with Crippen molar-refractivity contribution in [2.75, 3.05) is 19.7 Å². The summed E-state index contributed by atoms with van der Waals surface area (Å²) < 4.78 is 5.43. The predicted molar refractivity (Wildman–Crippen MR) is 68.3 cm³/mol. The first-order valence-electron chi connectivity index (χ1n) is 6.30. The molecule has 1 saturated heterocycles. The molecule has 4 heteroatoms. The van der Waals surface area contributed by atoms with Crippen LogP contribution in [0.4, 0.5) is 0 Å². The zero-order valence-electron chi connectivity index (χ0n) is 10.6. The van der Waals surface area contributed by atoms with Crippen molar-refractivity contribution < 1.29 is 14.6 Å². The molecule has 0 saturated carbocycles. The van der Waals surface area contributed by atoms with E-state index >= 15 is 0 Å². The third-order valence-corrected chi connectivity index (χ3v) is 3.32. The molecule has 98 valence electrons. The van der Waals surface area contributed by atoms with E-state index in [2.05, 4.69) is 0 Å². The van der Waals surface area contributed by atoms with Crippen LogP contribution in [0.5, 0.6) is 5.75 Å². The summed E-state index contributed by atoms with van der Waals surface area (Å²) in [6, 6.07) is 9.31. The highest BCUT2D eigenvalue weighted by atomic mass is 16.5. The number of benzene rings is 1. The molecule has 0 aromatic heterocycles. The van der Waals surface area contributed by atoms with E-state index in [1.165, 1.54) is 0 Å². The number of ether oxygens (including phenoxy) is 1. The molecule has 2 atom stereocenters. The molecule has 4 nitrogen and oxygen atoms in total. The summed E-state index contributed by atoms with van der Waals surface area (Å²) in [7, 11) is 0. The minimum absolute atomic E-state index is 0.0161. The predicted octanol–water partition coefficient (Wildman–Crippen LogP) is 1.29. The summed E-state index contributed by atoms with van der Waals surface area (Å²) in [4.78, 5) is 13.7. The normalized spacial score (nSPS) is 23.8. The van der Waals surface area contributed by atoms with Crippen LogP contribution in [0.1, 0.15) is 13.3 Å². The minimum atomic E-state index is -0.288.